The molecule has 0 aliphatic heterocycles. The fourth-order valence-corrected chi connectivity index (χ4v) is 2.85. The van der Waals surface area contributed by atoms with Gasteiger partial charge in [-0.1, -0.05) is 35.9 Å². The lowest BCUT2D eigenvalue weighted by Crippen LogP contribution is -2.27. The van der Waals surface area contributed by atoms with E-state index in [0.29, 0.717) is 36.1 Å². The van der Waals surface area contributed by atoms with Gasteiger partial charge in [0.25, 0.3) is 0 Å². The molecule has 3 aromatic rings. The van der Waals surface area contributed by atoms with Crippen molar-refractivity contribution < 1.29 is 9.84 Å². The Morgan fingerprint density at radius 1 is 0.957 bits per heavy atom. The molecule has 1 heterocycles. The van der Waals surface area contributed by atoms with Crippen LogP contribution in [0.4, 0.5) is 0 Å². The number of benzene rings is 2. The largest absolute Gasteiger partial charge is 0.490 e. The monoisotopic (exact) mass is 331 g/mol. The summed E-state index contributed by atoms with van der Waals surface area (Å²) in [7, 11) is 0. The molecule has 0 aliphatic rings. The number of nitrogens with zero attached hydrogens (tertiary/aromatic N) is 2. The summed E-state index contributed by atoms with van der Waals surface area (Å²) in [4.78, 5) is 0. The van der Waals surface area contributed by atoms with Crippen LogP contribution in [0, 0.1) is 5.41 Å². The van der Waals surface area contributed by atoms with Crippen molar-refractivity contribution in [3.05, 3.63) is 59.2 Å². The summed E-state index contributed by atoms with van der Waals surface area (Å²) in [5.74, 6) is 0.639. The molecule has 1 aromatic heterocycles. The molecule has 0 aliphatic carbocycles. The lowest BCUT2D eigenvalue weighted by atomic mass is 10.3. The number of imidazole rings is 1. The van der Waals surface area contributed by atoms with Gasteiger partial charge in [0.05, 0.1) is 29.2 Å². The molecular formula is C17H18ClN3O2. The second-order valence-electron chi connectivity index (χ2n) is 5.12. The Morgan fingerprint density at radius 2 is 1.57 bits per heavy atom. The van der Waals surface area contributed by atoms with Crippen LogP contribution in [-0.2, 0) is 13.1 Å². The number of halogens is 1. The summed E-state index contributed by atoms with van der Waals surface area (Å²) < 4.78 is 9.39. The highest BCUT2D eigenvalue weighted by atomic mass is 35.5. The van der Waals surface area contributed by atoms with E-state index in [9.17, 15) is 5.11 Å². The van der Waals surface area contributed by atoms with E-state index < -0.39 is 0 Å². The Labute approximate surface area is 138 Å². The molecule has 0 fully saturated rings. The zero-order valence-corrected chi connectivity index (χ0v) is 13.3. The Balaban J connectivity index is 1.84. The number of aliphatic hydroxyl groups is 1. The van der Waals surface area contributed by atoms with Crippen LogP contribution in [0.25, 0.3) is 11.0 Å². The predicted molar refractivity (Wildman–Crippen MR) is 89.8 cm³/mol. The lowest BCUT2D eigenvalue weighted by Gasteiger charge is -2.09. The molecular weight excluding hydrogens is 314 g/mol. The highest BCUT2D eigenvalue weighted by Gasteiger charge is 2.10. The molecule has 0 saturated heterocycles. The molecule has 5 nitrogen and oxygen atoms in total. The standard InChI is InChI=1S/C17H18ClN3O2/c18-13-5-1-4-8-16(13)23-12-10-21-15-7-3-2-6-14(15)20(9-11-22)17(21)19/h1-8,19,22H,9-12H2. The minimum atomic E-state index is 0.000672. The summed E-state index contributed by atoms with van der Waals surface area (Å²) in [6, 6.07) is 15.1. The van der Waals surface area contributed by atoms with Crippen LogP contribution in [0.1, 0.15) is 0 Å². The first kappa shape index (κ1) is 15.6. The lowest BCUT2D eigenvalue weighted by molar-refractivity contribution is 0.272. The Bertz CT molecular complexity index is 870. The number of hydrogen-bond donors (Lipinski definition) is 2. The van der Waals surface area contributed by atoms with Crippen LogP contribution in [0.2, 0.25) is 5.02 Å². The fourth-order valence-electron chi connectivity index (χ4n) is 2.66. The third-order valence-electron chi connectivity index (χ3n) is 3.71. The van der Waals surface area contributed by atoms with Crippen molar-refractivity contribution in [1.82, 2.24) is 9.13 Å². The van der Waals surface area contributed by atoms with Crippen LogP contribution in [0.15, 0.2) is 48.5 Å². The van der Waals surface area contributed by atoms with Gasteiger partial charge >= 0.3 is 0 Å². The van der Waals surface area contributed by atoms with E-state index in [-0.39, 0.29) is 6.61 Å². The van der Waals surface area contributed by atoms with E-state index in [0.717, 1.165) is 11.0 Å². The minimum absolute atomic E-state index is 0.000672. The van der Waals surface area contributed by atoms with Crippen LogP contribution in [-0.4, -0.2) is 27.5 Å². The number of rotatable bonds is 6. The van der Waals surface area contributed by atoms with Gasteiger partial charge in [-0.15, -0.1) is 0 Å². The first-order valence-corrected chi connectivity index (χ1v) is 7.81. The fraction of sp³-hybridized carbons (Fsp3) is 0.235. The first-order valence-electron chi connectivity index (χ1n) is 7.43. The van der Waals surface area contributed by atoms with Gasteiger partial charge in [0, 0.05) is 6.54 Å². The zero-order chi connectivity index (χ0) is 16.2. The normalized spacial score (nSPS) is 11.0. The smallest absolute Gasteiger partial charge is 0.203 e. The summed E-state index contributed by atoms with van der Waals surface area (Å²) in [6.45, 7) is 1.34. The molecule has 2 aromatic carbocycles. The molecule has 3 rings (SSSR count). The van der Waals surface area contributed by atoms with Crippen molar-refractivity contribution in [2.45, 2.75) is 13.1 Å². The third kappa shape index (κ3) is 3.11. The molecule has 6 heteroatoms. The molecule has 23 heavy (non-hydrogen) atoms. The topological polar surface area (TPSA) is 63.2 Å². The summed E-state index contributed by atoms with van der Waals surface area (Å²) in [5, 5.41) is 18.1. The van der Waals surface area contributed by atoms with Crippen LogP contribution >= 0.6 is 11.6 Å². The number of aromatic nitrogens is 2. The van der Waals surface area contributed by atoms with Gasteiger partial charge in [-0.2, -0.15) is 0 Å². The maximum absolute atomic E-state index is 9.22. The molecule has 0 radical (unpaired) electrons. The number of ether oxygens (including phenoxy) is 1. The van der Waals surface area contributed by atoms with E-state index in [1.54, 1.807) is 10.6 Å². The van der Waals surface area contributed by atoms with Crippen molar-refractivity contribution in [1.29, 1.82) is 5.41 Å². The van der Waals surface area contributed by atoms with Crippen LogP contribution in [0.5, 0.6) is 5.75 Å². The van der Waals surface area contributed by atoms with Gasteiger partial charge < -0.3 is 19.0 Å². The number of fused-ring (bicyclic) bond motifs is 1. The van der Waals surface area contributed by atoms with Gasteiger partial charge in [0.1, 0.15) is 12.4 Å². The average Bonchev–Trinajstić information content (AvgIpc) is 2.83. The molecule has 0 amide bonds. The molecule has 0 spiro atoms. The molecule has 0 atom stereocenters. The van der Waals surface area contributed by atoms with E-state index in [1.807, 2.05) is 47.0 Å². The van der Waals surface area contributed by atoms with Gasteiger partial charge in [0.2, 0.25) is 5.62 Å². The zero-order valence-electron chi connectivity index (χ0n) is 12.6. The molecule has 2 N–H and O–H groups in total. The van der Waals surface area contributed by atoms with Crippen molar-refractivity contribution in [2.24, 2.45) is 0 Å². The number of para-hydroxylation sites is 3. The molecule has 120 valence electrons. The number of nitrogens with one attached hydrogen (secondary N) is 1. The van der Waals surface area contributed by atoms with Gasteiger partial charge in [-0.05, 0) is 24.3 Å². The van der Waals surface area contributed by atoms with Gasteiger partial charge in [-0.3, -0.25) is 5.41 Å². The van der Waals surface area contributed by atoms with Crippen molar-refractivity contribution >= 4 is 22.6 Å². The van der Waals surface area contributed by atoms with Crippen LogP contribution in [0.3, 0.4) is 0 Å². The van der Waals surface area contributed by atoms with Crippen molar-refractivity contribution in [3.8, 4) is 5.75 Å². The second kappa shape index (κ2) is 6.89. The minimum Gasteiger partial charge on any atom is -0.490 e. The molecule has 0 saturated carbocycles. The Morgan fingerprint density at radius 3 is 2.22 bits per heavy atom. The molecule has 0 bridgehead atoms. The number of aliphatic hydroxyl groups excluding tert-OH is 1. The summed E-state index contributed by atoms with van der Waals surface area (Å²) in [6.07, 6.45) is 0. The third-order valence-corrected chi connectivity index (χ3v) is 4.02. The van der Waals surface area contributed by atoms with E-state index >= 15 is 0 Å². The predicted octanol–water partition coefficient (Wildman–Crippen LogP) is 2.65. The quantitative estimate of drug-likeness (QED) is 0.729. The molecule has 0 unspecified atom stereocenters. The highest BCUT2D eigenvalue weighted by molar-refractivity contribution is 6.32. The Kier molecular flexibility index (Phi) is 4.69. The van der Waals surface area contributed by atoms with Crippen molar-refractivity contribution in [2.75, 3.05) is 13.2 Å². The maximum atomic E-state index is 9.22. The second-order valence-corrected chi connectivity index (χ2v) is 5.53. The van der Waals surface area contributed by atoms with E-state index in [4.69, 9.17) is 21.7 Å². The van der Waals surface area contributed by atoms with Crippen LogP contribution < -0.4 is 10.4 Å². The highest BCUT2D eigenvalue weighted by Crippen LogP contribution is 2.23. The Hall–Kier alpha value is -2.24. The summed E-state index contributed by atoms with van der Waals surface area (Å²) >= 11 is 6.08. The van der Waals surface area contributed by atoms with E-state index in [1.165, 1.54) is 0 Å². The first-order chi connectivity index (χ1) is 11.2. The van der Waals surface area contributed by atoms with Gasteiger partial charge in [-0.25, -0.2) is 0 Å². The van der Waals surface area contributed by atoms with Gasteiger partial charge in [0.15, 0.2) is 0 Å². The maximum Gasteiger partial charge on any atom is 0.203 e. The van der Waals surface area contributed by atoms with Crippen molar-refractivity contribution in [3.63, 3.8) is 0 Å². The summed E-state index contributed by atoms with van der Waals surface area (Å²) in [5.41, 5.74) is 2.24. The SMILES string of the molecule is N=c1n(CCO)c2ccccc2n1CCOc1ccccc1Cl. The average molecular weight is 332 g/mol. The van der Waals surface area contributed by atoms with E-state index in [2.05, 4.69) is 0 Å². The number of hydrogen-bond acceptors (Lipinski definition) is 3.